The molecule has 3 nitrogen and oxygen atoms in total. The molecule has 0 saturated heterocycles. The minimum Gasteiger partial charge on any atom is -0.481 e. The maximum atomic E-state index is 10.4. The molecule has 0 bridgehead atoms. The molecule has 0 atom stereocenters. The van der Waals surface area contributed by atoms with Crippen molar-refractivity contribution in [3.8, 4) is 0 Å². The molecule has 0 amide bonds. The Bertz CT molecular complexity index is 331. The Kier molecular flexibility index (Phi) is 2.82. The Morgan fingerprint density at radius 3 is 3.00 bits per heavy atom. The average molecular weight is 211 g/mol. The van der Waals surface area contributed by atoms with Crippen molar-refractivity contribution >= 4 is 17.3 Å². The van der Waals surface area contributed by atoms with Crippen LogP contribution < -0.4 is 0 Å². The van der Waals surface area contributed by atoms with Gasteiger partial charge in [0.25, 0.3) is 0 Å². The van der Waals surface area contributed by atoms with Gasteiger partial charge >= 0.3 is 5.97 Å². The maximum absolute atomic E-state index is 10.4. The molecule has 1 fully saturated rings. The van der Waals surface area contributed by atoms with Crippen molar-refractivity contribution in [2.24, 2.45) is 0 Å². The highest BCUT2D eigenvalue weighted by atomic mass is 32.1. The van der Waals surface area contributed by atoms with Crippen molar-refractivity contribution in [3.63, 3.8) is 0 Å². The first kappa shape index (κ1) is 9.65. The van der Waals surface area contributed by atoms with Crippen LogP contribution in [0.25, 0.3) is 0 Å². The van der Waals surface area contributed by atoms with Gasteiger partial charge < -0.3 is 5.11 Å². The Morgan fingerprint density at radius 1 is 1.64 bits per heavy atom. The van der Waals surface area contributed by atoms with Gasteiger partial charge in [-0.2, -0.15) is 0 Å². The van der Waals surface area contributed by atoms with Gasteiger partial charge in [-0.25, -0.2) is 4.98 Å². The third kappa shape index (κ3) is 2.12. The number of nitrogens with zero attached hydrogens (tertiary/aromatic N) is 1. The highest BCUT2D eigenvalue weighted by Crippen LogP contribution is 2.38. The highest BCUT2D eigenvalue weighted by molar-refractivity contribution is 7.11. The van der Waals surface area contributed by atoms with E-state index in [0.717, 1.165) is 5.01 Å². The van der Waals surface area contributed by atoms with Gasteiger partial charge in [0.2, 0.25) is 0 Å². The molecule has 1 aromatic heterocycles. The second kappa shape index (κ2) is 4.09. The zero-order valence-corrected chi connectivity index (χ0v) is 8.72. The summed E-state index contributed by atoms with van der Waals surface area (Å²) in [6, 6.07) is 0. The first-order chi connectivity index (χ1) is 6.75. The number of carbonyl (C=O) groups is 1. The van der Waals surface area contributed by atoms with Crippen LogP contribution in [0.15, 0.2) is 6.20 Å². The van der Waals surface area contributed by atoms with E-state index < -0.39 is 5.97 Å². The summed E-state index contributed by atoms with van der Waals surface area (Å²) in [5.41, 5.74) is 0. The average Bonchev–Trinajstić information content (AvgIpc) is 2.46. The second-order valence-electron chi connectivity index (χ2n) is 3.68. The first-order valence-corrected chi connectivity index (χ1v) is 5.74. The normalized spacial score (nSPS) is 16.6. The van der Waals surface area contributed by atoms with Crippen LogP contribution in [0.2, 0.25) is 0 Å². The number of hydrogen-bond donors (Lipinski definition) is 1. The van der Waals surface area contributed by atoms with E-state index in [2.05, 4.69) is 4.98 Å². The van der Waals surface area contributed by atoms with Gasteiger partial charge in [0.05, 0.1) is 11.4 Å². The van der Waals surface area contributed by atoms with Crippen molar-refractivity contribution in [2.75, 3.05) is 0 Å². The number of rotatable bonds is 4. The van der Waals surface area contributed by atoms with E-state index in [1.807, 2.05) is 6.20 Å². The van der Waals surface area contributed by atoms with Gasteiger partial charge in [-0.15, -0.1) is 11.3 Å². The van der Waals surface area contributed by atoms with Crippen molar-refractivity contribution in [1.82, 2.24) is 4.98 Å². The van der Waals surface area contributed by atoms with Crippen LogP contribution >= 0.6 is 11.3 Å². The van der Waals surface area contributed by atoms with Crippen LogP contribution in [0.1, 0.15) is 41.5 Å². The Labute approximate surface area is 86.8 Å². The van der Waals surface area contributed by atoms with E-state index in [1.165, 1.54) is 24.1 Å². The molecule has 0 radical (unpaired) electrons. The van der Waals surface area contributed by atoms with Crippen molar-refractivity contribution in [2.45, 2.75) is 38.0 Å². The molecule has 1 aliphatic carbocycles. The molecule has 0 aromatic carbocycles. The lowest BCUT2D eigenvalue weighted by molar-refractivity contribution is -0.136. The molecule has 14 heavy (non-hydrogen) atoms. The van der Waals surface area contributed by atoms with E-state index in [0.29, 0.717) is 12.3 Å². The van der Waals surface area contributed by atoms with Crippen molar-refractivity contribution < 1.29 is 9.90 Å². The van der Waals surface area contributed by atoms with E-state index in [4.69, 9.17) is 5.11 Å². The highest BCUT2D eigenvalue weighted by Gasteiger charge is 2.21. The zero-order valence-electron chi connectivity index (χ0n) is 7.90. The van der Waals surface area contributed by atoms with Crippen LogP contribution in [0, 0.1) is 0 Å². The summed E-state index contributed by atoms with van der Waals surface area (Å²) in [5, 5.41) is 9.49. The van der Waals surface area contributed by atoms with Gasteiger partial charge in [-0.05, 0) is 18.8 Å². The van der Waals surface area contributed by atoms with Crippen LogP contribution in [0.4, 0.5) is 0 Å². The number of aliphatic carboxylic acids is 1. The Morgan fingerprint density at radius 2 is 2.43 bits per heavy atom. The molecule has 0 aliphatic heterocycles. The fourth-order valence-corrected chi connectivity index (χ4v) is 2.62. The third-order valence-electron chi connectivity index (χ3n) is 2.63. The number of carboxylic acid groups (broad SMARTS) is 1. The number of aryl methyl sites for hydroxylation is 1. The molecule has 4 heteroatoms. The molecule has 1 aromatic rings. The molecular weight excluding hydrogens is 198 g/mol. The Balaban J connectivity index is 1.92. The molecule has 0 spiro atoms. The smallest absolute Gasteiger partial charge is 0.303 e. The maximum Gasteiger partial charge on any atom is 0.303 e. The van der Waals surface area contributed by atoms with Gasteiger partial charge in [0.15, 0.2) is 0 Å². The monoisotopic (exact) mass is 211 g/mol. The fraction of sp³-hybridized carbons (Fsp3) is 0.600. The summed E-state index contributed by atoms with van der Waals surface area (Å²) in [6.07, 6.45) is 6.57. The summed E-state index contributed by atoms with van der Waals surface area (Å²) in [6.45, 7) is 0. The summed E-state index contributed by atoms with van der Waals surface area (Å²) < 4.78 is 0. The van der Waals surface area contributed by atoms with Gasteiger partial charge in [0, 0.05) is 17.5 Å². The quantitative estimate of drug-likeness (QED) is 0.832. The predicted octanol–water partition coefficient (Wildman–Crippen LogP) is 2.43. The lowest BCUT2D eigenvalue weighted by atomic mass is 9.85. The number of hydrogen-bond acceptors (Lipinski definition) is 3. The van der Waals surface area contributed by atoms with Crippen LogP contribution in [-0.2, 0) is 11.2 Å². The minimum atomic E-state index is -0.745. The van der Waals surface area contributed by atoms with Crippen LogP contribution in [0.3, 0.4) is 0 Å². The largest absolute Gasteiger partial charge is 0.481 e. The molecule has 1 heterocycles. The lowest BCUT2D eigenvalue weighted by Crippen LogP contribution is -2.06. The van der Waals surface area contributed by atoms with Gasteiger partial charge in [0.1, 0.15) is 0 Å². The lowest BCUT2D eigenvalue weighted by Gasteiger charge is -2.23. The summed E-state index contributed by atoms with van der Waals surface area (Å²) in [4.78, 5) is 15.9. The fourth-order valence-electron chi connectivity index (χ4n) is 1.54. The van der Waals surface area contributed by atoms with E-state index in [-0.39, 0.29) is 6.42 Å². The SMILES string of the molecule is O=C(O)CCc1ncc(C2CCC2)s1. The molecule has 1 saturated carbocycles. The molecule has 76 valence electrons. The van der Waals surface area contributed by atoms with Gasteiger partial charge in [-0.3, -0.25) is 4.79 Å². The van der Waals surface area contributed by atoms with Crippen molar-refractivity contribution in [1.29, 1.82) is 0 Å². The van der Waals surface area contributed by atoms with Crippen LogP contribution in [-0.4, -0.2) is 16.1 Å². The molecular formula is C10H13NO2S. The molecule has 0 unspecified atom stereocenters. The number of carboxylic acids is 1. The van der Waals surface area contributed by atoms with Crippen LogP contribution in [0.5, 0.6) is 0 Å². The second-order valence-corrected chi connectivity index (χ2v) is 4.82. The number of aromatic nitrogens is 1. The topological polar surface area (TPSA) is 50.2 Å². The predicted molar refractivity (Wildman–Crippen MR) is 54.7 cm³/mol. The Hall–Kier alpha value is -0.900. The molecule has 1 aliphatic rings. The summed E-state index contributed by atoms with van der Waals surface area (Å²) >= 11 is 1.68. The summed E-state index contributed by atoms with van der Waals surface area (Å²) in [7, 11) is 0. The van der Waals surface area contributed by atoms with E-state index in [9.17, 15) is 4.79 Å². The number of thiazole rings is 1. The standard InChI is InChI=1S/C10H13NO2S/c12-10(13)5-4-9-11-6-8(14-9)7-2-1-3-7/h6-7H,1-5H2,(H,12,13). The van der Waals surface area contributed by atoms with E-state index >= 15 is 0 Å². The van der Waals surface area contributed by atoms with Gasteiger partial charge in [-0.1, -0.05) is 6.42 Å². The summed E-state index contributed by atoms with van der Waals surface area (Å²) in [5.74, 6) is -0.0310. The van der Waals surface area contributed by atoms with Crippen molar-refractivity contribution in [3.05, 3.63) is 16.1 Å². The third-order valence-corrected chi connectivity index (χ3v) is 3.85. The molecule has 2 rings (SSSR count). The molecule has 1 N–H and O–H groups in total. The minimum absolute atomic E-state index is 0.192. The van der Waals surface area contributed by atoms with E-state index in [1.54, 1.807) is 11.3 Å². The first-order valence-electron chi connectivity index (χ1n) is 4.92. The zero-order chi connectivity index (χ0) is 9.97.